The number of phenolic OH excluding ortho intramolecular Hbond substituents is 1. The van der Waals surface area contributed by atoms with Gasteiger partial charge in [-0.05, 0) is 70.2 Å². The first-order valence-electron chi connectivity index (χ1n) is 10.4. The molecule has 1 atom stereocenters. The van der Waals surface area contributed by atoms with Crippen molar-refractivity contribution in [2.75, 3.05) is 13.2 Å². The topological polar surface area (TPSA) is 69.9 Å². The van der Waals surface area contributed by atoms with Crippen LogP contribution in [0.25, 0.3) is 11.1 Å². The van der Waals surface area contributed by atoms with E-state index >= 15 is 0 Å². The molecular weight excluding hydrogens is 408 g/mol. The highest BCUT2D eigenvalue weighted by Gasteiger charge is 2.21. The van der Waals surface area contributed by atoms with Gasteiger partial charge in [0.1, 0.15) is 24.2 Å². The molecule has 0 aliphatic carbocycles. The Kier molecular flexibility index (Phi) is 6.66. The molecule has 31 heavy (non-hydrogen) atoms. The van der Waals surface area contributed by atoms with Gasteiger partial charge in [-0.2, -0.15) is 0 Å². The monoisotopic (exact) mass is 434 g/mol. The van der Waals surface area contributed by atoms with Crippen LogP contribution in [0, 0.1) is 0 Å². The van der Waals surface area contributed by atoms with Crippen molar-refractivity contribution < 1.29 is 20.1 Å². The fourth-order valence-electron chi connectivity index (χ4n) is 3.88. The van der Waals surface area contributed by atoms with Crippen molar-refractivity contribution in [1.29, 1.82) is 0 Å². The average Bonchev–Trinajstić information content (AvgIpc) is 2.80. The number of allylic oxidation sites excluding steroid dienone is 1. The third-order valence-electron chi connectivity index (χ3n) is 5.41. The van der Waals surface area contributed by atoms with Crippen LogP contribution >= 0.6 is 11.8 Å². The van der Waals surface area contributed by atoms with Gasteiger partial charge in [0.15, 0.2) is 0 Å². The van der Waals surface area contributed by atoms with E-state index in [1.165, 1.54) is 16.7 Å². The molecule has 160 valence electrons. The number of ether oxygens (including phenoxy) is 1. The summed E-state index contributed by atoms with van der Waals surface area (Å²) in [7, 11) is 0. The summed E-state index contributed by atoms with van der Waals surface area (Å²) in [5.41, 5.74) is 7.15. The highest BCUT2D eigenvalue weighted by atomic mass is 32.2. The number of aliphatic hydroxyl groups is 2. The molecule has 0 spiro atoms. The largest absolute Gasteiger partial charge is 0.508 e. The summed E-state index contributed by atoms with van der Waals surface area (Å²) < 4.78 is 5.70. The van der Waals surface area contributed by atoms with E-state index in [1.54, 1.807) is 23.9 Å². The molecule has 0 saturated heterocycles. The lowest BCUT2D eigenvalue weighted by atomic mass is 9.86. The molecule has 5 heteroatoms. The minimum Gasteiger partial charge on any atom is -0.508 e. The van der Waals surface area contributed by atoms with Crippen LogP contribution in [-0.4, -0.2) is 34.6 Å². The molecule has 1 heterocycles. The van der Waals surface area contributed by atoms with Crippen molar-refractivity contribution in [3.8, 4) is 11.5 Å². The van der Waals surface area contributed by atoms with Crippen molar-refractivity contribution in [3.63, 3.8) is 0 Å². The molecule has 4 nitrogen and oxygen atoms in total. The zero-order valence-electron chi connectivity index (χ0n) is 17.4. The van der Waals surface area contributed by atoms with Crippen LogP contribution in [0.3, 0.4) is 0 Å². The van der Waals surface area contributed by atoms with Crippen LogP contribution in [-0.2, 0) is 5.75 Å². The maximum atomic E-state index is 9.82. The zero-order chi connectivity index (χ0) is 21.8. The lowest BCUT2D eigenvalue weighted by Crippen LogP contribution is -2.21. The predicted molar refractivity (Wildman–Crippen MR) is 125 cm³/mol. The van der Waals surface area contributed by atoms with Crippen molar-refractivity contribution in [2.24, 2.45) is 0 Å². The summed E-state index contributed by atoms with van der Waals surface area (Å²) in [6.45, 7) is 1.89. The highest BCUT2D eigenvalue weighted by molar-refractivity contribution is 7.98. The fraction of sp³-hybridized carbons (Fsp3) is 0.231. The molecule has 0 fully saturated rings. The minimum atomic E-state index is -0.902. The number of hydrogen-bond acceptors (Lipinski definition) is 5. The molecule has 0 bridgehead atoms. The molecule has 4 rings (SSSR count). The normalized spacial score (nSPS) is 16.6. The van der Waals surface area contributed by atoms with Gasteiger partial charge in [-0.15, -0.1) is 11.8 Å². The molecule has 1 unspecified atom stereocenters. The lowest BCUT2D eigenvalue weighted by molar-refractivity contribution is 0.0535. The number of aromatic hydroxyl groups is 1. The fourth-order valence-corrected chi connectivity index (χ4v) is 4.97. The average molecular weight is 435 g/mol. The van der Waals surface area contributed by atoms with E-state index in [4.69, 9.17) is 9.84 Å². The van der Waals surface area contributed by atoms with E-state index in [0.29, 0.717) is 5.75 Å². The van der Waals surface area contributed by atoms with Gasteiger partial charge in [-0.3, -0.25) is 0 Å². The Morgan fingerprint density at radius 1 is 1.00 bits per heavy atom. The first kappa shape index (κ1) is 21.5. The van der Waals surface area contributed by atoms with Crippen LogP contribution in [0.15, 0.2) is 71.6 Å². The van der Waals surface area contributed by atoms with Gasteiger partial charge < -0.3 is 20.1 Å². The van der Waals surface area contributed by atoms with E-state index in [2.05, 4.69) is 37.3 Å². The lowest BCUT2D eigenvalue weighted by Gasteiger charge is -2.24. The molecule has 3 aromatic carbocycles. The third-order valence-corrected chi connectivity index (χ3v) is 6.52. The molecule has 3 aromatic rings. The number of rotatable bonds is 6. The van der Waals surface area contributed by atoms with Crippen LogP contribution < -0.4 is 4.74 Å². The second-order valence-electron chi connectivity index (χ2n) is 7.51. The summed E-state index contributed by atoms with van der Waals surface area (Å²) in [4.78, 5) is 1.10. The van der Waals surface area contributed by atoms with Crippen LogP contribution in [0.1, 0.15) is 35.6 Å². The number of fused-ring (bicyclic) bond motifs is 2. The predicted octanol–water partition coefficient (Wildman–Crippen LogP) is 5.10. The Balaban J connectivity index is 1.88. The van der Waals surface area contributed by atoms with Crippen LogP contribution in [0.4, 0.5) is 0 Å². The van der Waals surface area contributed by atoms with Crippen molar-refractivity contribution in [3.05, 3.63) is 89.0 Å². The smallest absolute Gasteiger partial charge is 0.120 e. The summed E-state index contributed by atoms with van der Waals surface area (Å²) in [6, 6.07) is 21.9. The first-order valence-corrected chi connectivity index (χ1v) is 11.4. The quantitative estimate of drug-likeness (QED) is 0.504. The van der Waals surface area contributed by atoms with Crippen molar-refractivity contribution >= 4 is 22.9 Å². The number of thioether (sulfide) groups is 1. The Morgan fingerprint density at radius 3 is 2.52 bits per heavy atom. The standard InChI is InChI=1S/C26H26O4S/c1-2-22-23-6-4-3-5-18(23)16-31-25-13-21(30-15-20(29)14-27)11-12-24(25)26(22)17-7-9-19(28)10-8-17/h3-13,20,27-29H,2,14-16H2,1H3/b26-22-. The number of hydrogen-bond donors (Lipinski definition) is 3. The first-order chi connectivity index (χ1) is 15.1. The van der Waals surface area contributed by atoms with Gasteiger partial charge in [-0.25, -0.2) is 0 Å². The summed E-state index contributed by atoms with van der Waals surface area (Å²) in [6.07, 6.45) is -0.0289. The number of phenols is 1. The summed E-state index contributed by atoms with van der Waals surface area (Å²) in [5.74, 6) is 1.75. The van der Waals surface area contributed by atoms with Gasteiger partial charge in [0, 0.05) is 10.6 Å². The van der Waals surface area contributed by atoms with E-state index in [9.17, 15) is 10.2 Å². The van der Waals surface area contributed by atoms with Gasteiger partial charge in [0.25, 0.3) is 0 Å². The summed E-state index contributed by atoms with van der Waals surface area (Å²) in [5, 5.41) is 28.5. The maximum Gasteiger partial charge on any atom is 0.120 e. The van der Waals surface area contributed by atoms with Gasteiger partial charge in [0.2, 0.25) is 0 Å². The number of benzene rings is 3. The van der Waals surface area contributed by atoms with Gasteiger partial charge in [0.05, 0.1) is 6.61 Å². The third kappa shape index (κ3) is 4.64. The SMILES string of the molecule is CC/C1=C(\c2ccc(O)cc2)c2ccc(OCC(O)CO)cc2SCc2ccccc21. The number of aliphatic hydroxyl groups excluding tert-OH is 2. The molecule has 0 amide bonds. The molecule has 3 N–H and O–H groups in total. The minimum absolute atomic E-state index is 0.0453. The van der Waals surface area contributed by atoms with Crippen molar-refractivity contribution in [1.82, 2.24) is 0 Å². The van der Waals surface area contributed by atoms with Gasteiger partial charge in [-0.1, -0.05) is 43.3 Å². The van der Waals surface area contributed by atoms with Crippen LogP contribution in [0.2, 0.25) is 0 Å². The van der Waals surface area contributed by atoms with Crippen LogP contribution in [0.5, 0.6) is 11.5 Å². The molecule has 0 saturated carbocycles. The zero-order valence-corrected chi connectivity index (χ0v) is 18.2. The maximum absolute atomic E-state index is 9.82. The molecule has 0 radical (unpaired) electrons. The van der Waals surface area contributed by atoms with E-state index < -0.39 is 6.10 Å². The van der Waals surface area contributed by atoms with Crippen molar-refractivity contribution in [2.45, 2.75) is 30.1 Å². The Labute approximate surface area is 186 Å². The second-order valence-corrected chi connectivity index (χ2v) is 8.52. The molecule has 0 aromatic heterocycles. The molecular formula is C26H26O4S. The second kappa shape index (κ2) is 9.60. The van der Waals surface area contributed by atoms with E-state index in [-0.39, 0.29) is 19.0 Å². The molecule has 1 aliphatic rings. The Hall–Kier alpha value is -2.73. The highest BCUT2D eigenvalue weighted by Crippen LogP contribution is 2.44. The summed E-state index contributed by atoms with van der Waals surface area (Å²) >= 11 is 1.76. The Morgan fingerprint density at radius 2 is 1.77 bits per heavy atom. The molecule has 1 aliphatic heterocycles. The Bertz CT molecular complexity index is 1090. The van der Waals surface area contributed by atoms with E-state index in [0.717, 1.165) is 33.8 Å². The van der Waals surface area contributed by atoms with Gasteiger partial charge >= 0.3 is 0 Å². The van der Waals surface area contributed by atoms with E-state index in [1.807, 2.05) is 24.3 Å².